The number of aryl methyl sites for hydroxylation is 2. The van der Waals surface area contributed by atoms with Crippen LogP contribution in [-0.2, 0) is 12.8 Å². The Balaban J connectivity index is 1.58. The molecule has 2 aliphatic carbocycles. The summed E-state index contributed by atoms with van der Waals surface area (Å²) in [5, 5.41) is 7.32. The average molecular weight is 397 g/mol. The highest BCUT2D eigenvalue weighted by Crippen LogP contribution is 2.35. The zero-order valence-corrected chi connectivity index (χ0v) is 18.5. The largest absolute Gasteiger partial charge is 0.345 e. The van der Waals surface area contributed by atoms with Crippen molar-refractivity contribution in [1.29, 1.82) is 0 Å². The predicted molar refractivity (Wildman–Crippen MR) is 116 cm³/mol. The molecule has 2 aromatic rings. The summed E-state index contributed by atoms with van der Waals surface area (Å²) in [6.07, 6.45) is 12.4. The van der Waals surface area contributed by atoms with Gasteiger partial charge in [-0.25, -0.2) is 0 Å². The molecular weight excluding hydrogens is 360 g/mol. The molecule has 0 radical (unpaired) electrons. The molecule has 1 amide bonds. The molecule has 1 unspecified atom stereocenters. The van der Waals surface area contributed by atoms with Crippen LogP contribution in [-0.4, -0.2) is 37.7 Å². The molecule has 2 heterocycles. The standard InChI is InChI=1S/C24H36N4O/c1-5-23-19(15-25-26-23)13-16(2)28(21-11-12-21)24(29)22-14-17(3)27(18(22)4)20-9-7-6-8-10-20/h14-16,20-21H,5-13H2,1-4H3,(H,25,26). The molecule has 5 heteroatoms. The minimum absolute atomic E-state index is 0.177. The molecule has 0 aliphatic heterocycles. The molecule has 1 N–H and O–H groups in total. The lowest BCUT2D eigenvalue weighted by molar-refractivity contribution is 0.0674. The van der Waals surface area contributed by atoms with Crippen LogP contribution in [0, 0.1) is 13.8 Å². The maximum atomic E-state index is 13.7. The number of H-pyrrole nitrogens is 1. The van der Waals surface area contributed by atoms with Gasteiger partial charge >= 0.3 is 0 Å². The van der Waals surface area contributed by atoms with E-state index in [0.29, 0.717) is 12.1 Å². The first-order valence-electron chi connectivity index (χ1n) is 11.5. The lowest BCUT2D eigenvalue weighted by atomic mass is 9.95. The van der Waals surface area contributed by atoms with E-state index in [1.165, 1.54) is 49.1 Å². The summed E-state index contributed by atoms with van der Waals surface area (Å²) in [5.41, 5.74) is 5.75. The molecule has 2 aromatic heterocycles. The van der Waals surface area contributed by atoms with E-state index in [2.05, 4.69) is 53.4 Å². The van der Waals surface area contributed by atoms with Gasteiger partial charge in [-0.2, -0.15) is 5.10 Å². The Morgan fingerprint density at radius 2 is 1.97 bits per heavy atom. The number of rotatable bonds is 7. The van der Waals surface area contributed by atoms with Gasteiger partial charge in [0.15, 0.2) is 0 Å². The highest BCUT2D eigenvalue weighted by atomic mass is 16.2. The Labute approximate surface area is 174 Å². The van der Waals surface area contributed by atoms with Crippen LogP contribution in [0.3, 0.4) is 0 Å². The minimum atomic E-state index is 0.177. The summed E-state index contributed by atoms with van der Waals surface area (Å²) < 4.78 is 2.45. The molecular formula is C24H36N4O. The maximum Gasteiger partial charge on any atom is 0.256 e. The summed E-state index contributed by atoms with van der Waals surface area (Å²) in [5.74, 6) is 0.219. The van der Waals surface area contributed by atoms with E-state index in [1.807, 2.05) is 6.20 Å². The summed E-state index contributed by atoms with van der Waals surface area (Å²) in [6, 6.07) is 3.28. The van der Waals surface area contributed by atoms with Crippen LogP contribution in [0.2, 0.25) is 0 Å². The topological polar surface area (TPSA) is 53.9 Å². The number of nitrogens with one attached hydrogen (secondary N) is 1. The van der Waals surface area contributed by atoms with Gasteiger partial charge in [0.2, 0.25) is 0 Å². The van der Waals surface area contributed by atoms with E-state index in [9.17, 15) is 4.79 Å². The summed E-state index contributed by atoms with van der Waals surface area (Å²) in [7, 11) is 0. The monoisotopic (exact) mass is 396 g/mol. The fraction of sp³-hybridized carbons (Fsp3) is 0.667. The summed E-state index contributed by atoms with van der Waals surface area (Å²) >= 11 is 0. The Kier molecular flexibility index (Phi) is 5.84. The van der Waals surface area contributed by atoms with Gasteiger partial charge in [0.25, 0.3) is 5.91 Å². The fourth-order valence-corrected chi connectivity index (χ4v) is 5.35. The highest BCUT2D eigenvalue weighted by Gasteiger charge is 2.37. The smallest absolute Gasteiger partial charge is 0.256 e. The molecule has 0 spiro atoms. The van der Waals surface area contributed by atoms with Crippen molar-refractivity contribution in [3.63, 3.8) is 0 Å². The summed E-state index contributed by atoms with van der Waals surface area (Å²) in [6.45, 7) is 8.66. The zero-order chi connectivity index (χ0) is 20.5. The Morgan fingerprint density at radius 1 is 1.24 bits per heavy atom. The third kappa shape index (κ3) is 4.01. The lowest BCUT2D eigenvalue weighted by Gasteiger charge is -2.30. The van der Waals surface area contributed by atoms with Gasteiger partial charge in [-0.15, -0.1) is 0 Å². The Morgan fingerprint density at radius 3 is 2.62 bits per heavy atom. The average Bonchev–Trinajstić information content (AvgIpc) is 3.36. The van der Waals surface area contributed by atoms with Crippen molar-refractivity contribution >= 4 is 5.91 Å². The van der Waals surface area contributed by atoms with Gasteiger partial charge in [0, 0.05) is 35.2 Å². The number of amides is 1. The van der Waals surface area contributed by atoms with Crippen LogP contribution in [0.5, 0.6) is 0 Å². The first-order valence-corrected chi connectivity index (χ1v) is 11.5. The van der Waals surface area contributed by atoms with Crippen molar-refractivity contribution in [2.24, 2.45) is 0 Å². The van der Waals surface area contributed by atoms with Crippen LogP contribution in [0.25, 0.3) is 0 Å². The molecule has 2 aliphatic rings. The fourth-order valence-electron chi connectivity index (χ4n) is 5.35. The van der Waals surface area contributed by atoms with Gasteiger partial charge in [-0.1, -0.05) is 26.2 Å². The number of hydrogen-bond acceptors (Lipinski definition) is 2. The second-order valence-corrected chi connectivity index (χ2v) is 9.17. The van der Waals surface area contributed by atoms with Crippen molar-refractivity contribution in [2.45, 2.75) is 104 Å². The van der Waals surface area contributed by atoms with Crippen molar-refractivity contribution in [1.82, 2.24) is 19.7 Å². The van der Waals surface area contributed by atoms with Gasteiger partial charge in [0.1, 0.15) is 0 Å². The van der Waals surface area contributed by atoms with E-state index in [0.717, 1.165) is 36.9 Å². The minimum Gasteiger partial charge on any atom is -0.345 e. The van der Waals surface area contributed by atoms with Crippen LogP contribution >= 0.6 is 0 Å². The van der Waals surface area contributed by atoms with Gasteiger partial charge < -0.3 is 9.47 Å². The van der Waals surface area contributed by atoms with Crippen LogP contribution in [0.4, 0.5) is 0 Å². The molecule has 0 saturated heterocycles. The quantitative estimate of drug-likeness (QED) is 0.705. The first-order chi connectivity index (χ1) is 14.0. The Bertz CT molecular complexity index is 854. The third-order valence-electron chi connectivity index (χ3n) is 6.98. The molecule has 2 fully saturated rings. The molecule has 4 rings (SSSR count). The number of aromatic amines is 1. The predicted octanol–water partition coefficient (Wildman–Crippen LogP) is 5.13. The first kappa shape index (κ1) is 20.2. The van der Waals surface area contributed by atoms with Gasteiger partial charge in [-0.05, 0) is 70.9 Å². The van der Waals surface area contributed by atoms with E-state index >= 15 is 0 Å². The number of nitrogens with zero attached hydrogens (tertiary/aromatic N) is 3. The normalized spacial score (nSPS) is 18.8. The lowest BCUT2D eigenvalue weighted by Crippen LogP contribution is -2.41. The van der Waals surface area contributed by atoms with Gasteiger partial charge in [0.05, 0.1) is 11.8 Å². The number of carbonyl (C=O) groups is 1. The number of hydrogen-bond donors (Lipinski definition) is 1. The molecule has 5 nitrogen and oxygen atoms in total. The van der Waals surface area contributed by atoms with Crippen molar-refractivity contribution in [3.8, 4) is 0 Å². The molecule has 29 heavy (non-hydrogen) atoms. The van der Waals surface area contributed by atoms with Crippen LogP contribution in [0.15, 0.2) is 12.3 Å². The molecule has 1 atom stereocenters. The molecule has 0 bridgehead atoms. The van der Waals surface area contributed by atoms with Crippen LogP contribution in [0.1, 0.15) is 97.8 Å². The SMILES string of the molecule is CCc1[nH]ncc1CC(C)N(C(=O)c1cc(C)n(C2CCCCC2)c1C)C1CC1. The van der Waals surface area contributed by atoms with E-state index in [4.69, 9.17) is 0 Å². The van der Waals surface area contributed by atoms with Crippen molar-refractivity contribution in [2.75, 3.05) is 0 Å². The van der Waals surface area contributed by atoms with E-state index in [-0.39, 0.29) is 11.9 Å². The second kappa shape index (κ2) is 8.37. The van der Waals surface area contributed by atoms with Crippen molar-refractivity contribution < 1.29 is 4.79 Å². The summed E-state index contributed by atoms with van der Waals surface area (Å²) in [4.78, 5) is 15.9. The zero-order valence-electron chi connectivity index (χ0n) is 18.5. The van der Waals surface area contributed by atoms with Crippen LogP contribution < -0.4 is 0 Å². The maximum absolute atomic E-state index is 13.7. The second-order valence-electron chi connectivity index (χ2n) is 9.17. The van der Waals surface area contributed by atoms with Gasteiger partial charge in [-0.3, -0.25) is 9.89 Å². The van der Waals surface area contributed by atoms with E-state index in [1.54, 1.807) is 0 Å². The van der Waals surface area contributed by atoms with Crippen molar-refractivity contribution in [3.05, 3.63) is 40.5 Å². The Hall–Kier alpha value is -2.04. The number of carbonyl (C=O) groups excluding carboxylic acids is 1. The molecule has 158 valence electrons. The number of aromatic nitrogens is 3. The third-order valence-corrected chi connectivity index (χ3v) is 6.98. The molecule has 0 aromatic carbocycles. The van der Waals surface area contributed by atoms with E-state index < -0.39 is 0 Å². The highest BCUT2D eigenvalue weighted by molar-refractivity contribution is 5.96. The molecule has 2 saturated carbocycles.